The van der Waals surface area contributed by atoms with Gasteiger partial charge in [0.1, 0.15) is 0 Å². The van der Waals surface area contributed by atoms with Crippen LogP contribution >= 0.6 is 0 Å². The van der Waals surface area contributed by atoms with Gasteiger partial charge >= 0.3 is 0 Å². The summed E-state index contributed by atoms with van der Waals surface area (Å²) in [6.45, 7) is 5.29. The van der Waals surface area contributed by atoms with Crippen molar-refractivity contribution in [3.63, 3.8) is 0 Å². The zero-order valence-corrected chi connectivity index (χ0v) is 32.4. The monoisotopic (exact) mass is 674 g/mol. The van der Waals surface area contributed by atoms with Crippen molar-refractivity contribution < 1.29 is 4.74 Å². The van der Waals surface area contributed by atoms with Crippen molar-refractivity contribution in [1.82, 2.24) is 0 Å². The van der Waals surface area contributed by atoms with E-state index in [9.17, 15) is 0 Å². The van der Waals surface area contributed by atoms with Crippen LogP contribution in [0.25, 0.3) is 0 Å². The summed E-state index contributed by atoms with van der Waals surface area (Å²) >= 11 is 0. The van der Waals surface area contributed by atoms with E-state index in [0.29, 0.717) is 18.2 Å². The van der Waals surface area contributed by atoms with Gasteiger partial charge in [-0.25, -0.2) is 0 Å². The number of nitrogens with two attached hydrogens (primary N) is 1. The third kappa shape index (κ3) is 7.69. The van der Waals surface area contributed by atoms with Crippen LogP contribution in [0.4, 0.5) is 0 Å². The zero-order chi connectivity index (χ0) is 33.3. The molecule has 2 N–H and O–H groups in total. The van der Waals surface area contributed by atoms with E-state index in [2.05, 4.69) is 13.8 Å². The first kappa shape index (κ1) is 35.7. The average Bonchev–Trinajstić information content (AvgIpc) is 3.54. The number of fused-ring (bicyclic) bond motifs is 3. The number of ether oxygens (including phenoxy) is 1. The normalized spacial score (nSPS) is 47.2. The average molecular weight is 674 g/mol. The molecule has 2 heteroatoms. The van der Waals surface area contributed by atoms with Crippen molar-refractivity contribution in [2.24, 2.45) is 76.7 Å². The van der Waals surface area contributed by atoms with E-state index in [0.717, 1.165) is 71.0 Å². The molecule has 12 unspecified atom stereocenters. The standard InChI is InChI=1S/C47H79NO/c1-31(34-14-4-3-5-15-34)39-17-6-7-18-40(39)32(2)35-23-25-36(26-24-35)37-16-12-13-33(29-37)30-38-27-28-42-41-19-9-11-22-45(41)49-47(42)46(38)43-20-8-10-21-44(43)48/h32-38,40-47H,3-30,48H2,1-2H3. The van der Waals surface area contributed by atoms with Crippen LogP contribution in [-0.2, 0) is 4.74 Å². The topological polar surface area (TPSA) is 35.2 Å². The van der Waals surface area contributed by atoms with Crippen LogP contribution in [0.5, 0.6) is 0 Å². The molecule has 1 aliphatic heterocycles. The van der Waals surface area contributed by atoms with E-state index in [1.165, 1.54) is 161 Å². The Morgan fingerprint density at radius 1 is 0.653 bits per heavy atom. The molecule has 0 radical (unpaired) electrons. The van der Waals surface area contributed by atoms with Crippen molar-refractivity contribution in [1.29, 1.82) is 0 Å². The lowest BCUT2D eigenvalue weighted by molar-refractivity contribution is -0.0775. The smallest absolute Gasteiger partial charge is 0.0644 e. The molecule has 8 aliphatic rings. The SMILES string of the molecule is CC(=C1CCCCC1C(C)C1CCC(C2CCCC(CC3CCC4C5CCCCC5OC4C3C3CCCCC3N)C2)CC1)C1CCCCC1. The molecule has 0 aromatic heterocycles. The van der Waals surface area contributed by atoms with Gasteiger partial charge in [0.15, 0.2) is 0 Å². The fraction of sp³-hybridized carbons (Fsp3) is 0.957. The number of rotatable bonds is 7. The van der Waals surface area contributed by atoms with Crippen molar-refractivity contribution >= 4 is 0 Å². The van der Waals surface area contributed by atoms with E-state index >= 15 is 0 Å². The highest BCUT2D eigenvalue weighted by molar-refractivity contribution is 5.21. The fourth-order valence-corrected chi connectivity index (χ4v) is 15.3. The van der Waals surface area contributed by atoms with E-state index in [-0.39, 0.29) is 0 Å². The molecule has 0 amide bonds. The molecule has 278 valence electrons. The van der Waals surface area contributed by atoms with Gasteiger partial charge in [0, 0.05) is 6.04 Å². The molecule has 7 saturated carbocycles. The molecule has 12 atom stereocenters. The van der Waals surface area contributed by atoms with E-state index in [1.54, 1.807) is 19.3 Å². The van der Waals surface area contributed by atoms with E-state index in [1.807, 2.05) is 11.1 Å². The summed E-state index contributed by atoms with van der Waals surface area (Å²) in [5.74, 6) is 10.8. The lowest BCUT2D eigenvalue weighted by Gasteiger charge is -2.49. The Kier molecular flexibility index (Phi) is 11.9. The Morgan fingerprint density at radius 2 is 1.39 bits per heavy atom. The van der Waals surface area contributed by atoms with Gasteiger partial charge < -0.3 is 10.5 Å². The van der Waals surface area contributed by atoms with E-state index in [4.69, 9.17) is 10.5 Å². The second-order valence-corrected chi connectivity index (χ2v) is 20.2. The molecule has 2 nitrogen and oxygen atoms in total. The number of hydrogen-bond donors (Lipinski definition) is 1. The minimum absolute atomic E-state index is 0.430. The first-order chi connectivity index (χ1) is 24.0. The lowest BCUT2D eigenvalue weighted by atomic mass is 9.58. The lowest BCUT2D eigenvalue weighted by Crippen LogP contribution is -2.49. The molecule has 8 fully saturated rings. The first-order valence-electron chi connectivity index (χ1n) is 23.2. The highest BCUT2D eigenvalue weighted by Crippen LogP contribution is 2.56. The molecular formula is C47H79NO. The molecule has 0 aromatic carbocycles. The molecular weight excluding hydrogens is 595 g/mol. The van der Waals surface area contributed by atoms with Crippen LogP contribution in [0.3, 0.4) is 0 Å². The molecule has 8 rings (SSSR count). The Labute approximate surface area is 303 Å². The summed E-state index contributed by atoms with van der Waals surface area (Å²) in [5, 5.41) is 0. The summed E-state index contributed by atoms with van der Waals surface area (Å²) < 4.78 is 7.18. The largest absolute Gasteiger partial charge is 0.374 e. The predicted octanol–water partition coefficient (Wildman–Crippen LogP) is 12.8. The van der Waals surface area contributed by atoms with Crippen LogP contribution < -0.4 is 5.73 Å². The highest BCUT2D eigenvalue weighted by atomic mass is 16.5. The summed E-state index contributed by atoms with van der Waals surface area (Å²) in [6.07, 6.45) is 42.2. The van der Waals surface area contributed by atoms with Crippen LogP contribution in [-0.4, -0.2) is 18.2 Å². The Morgan fingerprint density at radius 3 is 2.20 bits per heavy atom. The maximum Gasteiger partial charge on any atom is 0.0644 e. The van der Waals surface area contributed by atoms with Gasteiger partial charge in [-0.3, -0.25) is 0 Å². The minimum atomic E-state index is 0.430. The van der Waals surface area contributed by atoms with Gasteiger partial charge in [-0.2, -0.15) is 0 Å². The number of allylic oxidation sites excluding steroid dienone is 2. The van der Waals surface area contributed by atoms with Gasteiger partial charge in [0.2, 0.25) is 0 Å². The predicted molar refractivity (Wildman–Crippen MR) is 206 cm³/mol. The molecule has 1 saturated heterocycles. The number of hydrogen-bond acceptors (Lipinski definition) is 2. The highest BCUT2D eigenvalue weighted by Gasteiger charge is 2.54. The Bertz CT molecular complexity index is 1080. The minimum Gasteiger partial charge on any atom is -0.374 e. The van der Waals surface area contributed by atoms with Crippen LogP contribution in [0.1, 0.15) is 194 Å². The van der Waals surface area contributed by atoms with Gasteiger partial charge in [-0.05, 0) is 187 Å². The summed E-state index contributed by atoms with van der Waals surface area (Å²) in [6, 6.07) is 0.430. The van der Waals surface area contributed by atoms with Crippen molar-refractivity contribution in [2.75, 3.05) is 0 Å². The van der Waals surface area contributed by atoms with E-state index < -0.39 is 0 Å². The molecule has 0 bridgehead atoms. The summed E-state index contributed by atoms with van der Waals surface area (Å²) in [5.41, 5.74) is 10.9. The van der Waals surface area contributed by atoms with Crippen molar-refractivity contribution in [3.8, 4) is 0 Å². The third-order valence-corrected chi connectivity index (χ3v) is 17.9. The second-order valence-electron chi connectivity index (χ2n) is 20.2. The van der Waals surface area contributed by atoms with Gasteiger partial charge in [-0.1, -0.05) is 88.7 Å². The van der Waals surface area contributed by atoms with Gasteiger partial charge in [0.05, 0.1) is 12.2 Å². The summed E-state index contributed by atoms with van der Waals surface area (Å²) in [7, 11) is 0. The van der Waals surface area contributed by atoms with Crippen LogP contribution in [0.15, 0.2) is 11.1 Å². The van der Waals surface area contributed by atoms with Gasteiger partial charge in [-0.15, -0.1) is 0 Å². The molecule has 49 heavy (non-hydrogen) atoms. The first-order valence-corrected chi connectivity index (χ1v) is 23.2. The van der Waals surface area contributed by atoms with Gasteiger partial charge in [0.25, 0.3) is 0 Å². The quantitative estimate of drug-likeness (QED) is 0.273. The Balaban J connectivity index is 0.883. The molecule has 0 spiro atoms. The maximum absolute atomic E-state index is 7.18. The van der Waals surface area contributed by atoms with Crippen LogP contribution in [0.2, 0.25) is 0 Å². The Hall–Kier alpha value is -0.340. The maximum atomic E-state index is 7.18. The summed E-state index contributed by atoms with van der Waals surface area (Å²) in [4.78, 5) is 0. The zero-order valence-electron chi connectivity index (χ0n) is 32.4. The van der Waals surface area contributed by atoms with Crippen LogP contribution in [0, 0.1) is 71.0 Å². The van der Waals surface area contributed by atoms with Crippen molar-refractivity contribution in [2.45, 2.75) is 212 Å². The second kappa shape index (κ2) is 16.4. The van der Waals surface area contributed by atoms with Crippen molar-refractivity contribution in [3.05, 3.63) is 11.1 Å². The molecule has 1 heterocycles. The molecule has 0 aromatic rings. The fourth-order valence-electron chi connectivity index (χ4n) is 15.3. The third-order valence-electron chi connectivity index (χ3n) is 17.9. The molecule has 7 aliphatic carbocycles.